The highest BCUT2D eigenvalue weighted by Crippen LogP contribution is 2.42. The molecule has 0 atom stereocenters. The Kier molecular flexibility index (Phi) is 5.38. The van der Waals surface area contributed by atoms with Gasteiger partial charge in [0.05, 0.1) is 30.4 Å². The molecule has 0 spiro atoms. The van der Waals surface area contributed by atoms with E-state index in [0.29, 0.717) is 27.7 Å². The van der Waals surface area contributed by atoms with Gasteiger partial charge in [0.15, 0.2) is 0 Å². The van der Waals surface area contributed by atoms with Crippen molar-refractivity contribution >= 4 is 46.2 Å². The van der Waals surface area contributed by atoms with Crippen LogP contribution >= 0.6 is 23.1 Å². The highest BCUT2D eigenvalue weighted by molar-refractivity contribution is 8.04. The van der Waals surface area contributed by atoms with E-state index in [9.17, 15) is 9.59 Å². The minimum absolute atomic E-state index is 0.177. The maximum absolute atomic E-state index is 13.2. The van der Waals surface area contributed by atoms with Crippen LogP contribution in [-0.4, -0.2) is 31.3 Å². The largest absolute Gasteiger partial charge is 0.497 e. The molecule has 0 aliphatic carbocycles. The molecule has 1 aromatic carbocycles. The molecule has 1 aliphatic heterocycles. The number of rotatable bonds is 6. The second kappa shape index (κ2) is 7.55. The van der Waals surface area contributed by atoms with E-state index in [1.54, 1.807) is 18.2 Å². The van der Waals surface area contributed by atoms with Crippen molar-refractivity contribution in [3.63, 3.8) is 0 Å². The van der Waals surface area contributed by atoms with Gasteiger partial charge in [-0.3, -0.25) is 9.59 Å². The van der Waals surface area contributed by atoms with Crippen molar-refractivity contribution < 1.29 is 19.1 Å². The molecule has 5 nitrogen and oxygen atoms in total. The second-order valence-corrected chi connectivity index (χ2v) is 8.40. The summed E-state index contributed by atoms with van der Waals surface area (Å²) in [4.78, 5) is 28.7. The maximum Gasteiger partial charge on any atom is 0.272 e. The summed E-state index contributed by atoms with van der Waals surface area (Å²) in [5, 5.41) is 2.08. The average molecular weight is 389 g/mol. The van der Waals surface area contributed by atoms with Crippen LogP contribution in [0.15, 0.2) is 40.6 Å². The zero-order valence-corrected chi connectivity index (χ0v) is 16.6. The average Bonchev–Trinajstić information content (AvgIpc) is 3.21. The highest BCUT2D eigenvalue weighted by Gasteiger charge is 2.41. The van der Waals surface area contributed by atoms with Gasteiger partial charge >= 0.3 is 0 Å². The summed E-state index contributed by atoms with van der Waals surface area (Å²) >= 11 is 2.86. The Morgan fingerprint density at radius 3 is 2.19 bits per heavy atom. The third-order valence-corrected chi connectivity index (χ3v) is 5.73. The van der Waals surface area contributed by atoms with Crippen molar-refractivity contribution in [2.45, 2.75) is 19.1 Å². The van der Waals surface area contributed by atoms with Crippen LogP contribution in [0.1, 0.15) is 18.7 Å². The van der Waals surface area contributed by atoms with Crippen LogP contribution in [0.5, 0.6) is 11.5 Å². The summed E-state index contributed by atoms with van der Waals surface area (Å²) < 4.78 is 10.5. The first-order valence-corrected chi connectivity index (χ1v) is 9.78. The Balaban J connectivity index is 2.10. The van der Waals surface area contributed by atoms with Gasteiger partial charge in [-0.1, -0.05) is 19.9 Å². The van der Waals surface area contributed by atoms with Crippen molar-refractivity contribution in [3.8, 4) is 11.5 Å². The van der Waals surface area contributed by atoms with Crippen molar-refractivity contribution in [2.24, 2.45) is 0 Å². The third kappa shape index (κ3) is 3.37. The number of thiophene rings is 1. The molecule has 0 fully saturated rings. The summed E-state index contributed by atoms with van der Waals surface area (Å²) in [7, 11) is 3.06. The number of carbonyl (C=O) groups is 2. The third-order valence-electron chi connectivity index (χ3n) is 3.76. The minimum atomic E-state index is -0.323. The molecule has 1 aliphatic rings. The quantitative estimate of drug-likeness (QED) is 0.694. The van der Waals surface area contributed by atoms with Gasteiger partial charge in [0, 0.05) is 28.3 Å². The van der Waals surface area contributed by atoms with Gasteiger partial charge in [-0.2, -0.15) is 0 Å². The molecule has 0 unspecified atom stereocenters. The van der Waals surface area contributed by atoms with Crippen LogP contribution in [-0.2, 0) is 9.59 Å². The second-order valence-electron chi connectivity index (χ2n) is 5.86. The van der Waals surface area contributed by atoms with Crippen LogP contribution in [0.25, 0.3) is 5.57 Å². The van der Waals surface area contributed by atoms with Crippen LogP contribution in [0.3, 0.4) is 0 Å². The number of nitrogens with zero attached hydrogens (tertiary/aromatic N) is 1. The highest BCUT2D eigenvalue weighted by atomic mass is 32.2. The first-order chi connectivity index (χ1) is 12.5. The molecular formula is C19H19NO4S2. The lowest BCUT2D eigenvalue weighted by Gasteiger charge is -2.17. The molecule has 26 heavy (non-hydrogen) atoms. The van der Waals surface area contributed by atoms with E-state index < -0.39 is 0 Å². The number of anilines is 1. The summed E-state index contributed by atoms with van der Waals surface area (Å²) in [6.07, 6.45) is 0. The number of hydrogen-bond acceptors (Lipinski definition) is 6. The molecule has 0 N–H and O–H groups in total. The van der Waals surface area contributed by atoms with Gasteiger partial charge in [-0.15, -0.1) is 23.1 Å². The molecule has 136 valence electrons. The predicted octanol–water partition coefficient (Wildman–Crippen LogP) is 4.19. The molecule has 7 heteroatoms. The Hall–Kier alpha value is -2.25. The number of methoxy groups -OCH3 is 2. The van der Waals surface area contributed by atoms with Gasteiger partial charge in [0.2, 0.25) is 0 Å². The number of hydrogen-bond donors (Lipinski definition) is 0. The van der Waals surface area contributed by atoms with Gasteiger partial charge in [0.1, 0.15) is 11.5 Å². The number of carbonyl (C=O) groups excluding carboxylic acids is 2. The van der Waals surface area contributed by atoms with E-state index in [2.05, 4.69) is 0 Å². The predicted molar refractivity (Wildman–Crippen MR) is 106 cm³/mol. The van der Waals surface area contributed by atoms with E-state index in [1.165, 1.54) is 42.2 Å². The number of benzene rings is 1. The van der Waals surface area contributed by atoms with E-state index in [1.807, 2.05) is 31.4 Å². The van der Waals surface area contributed by atoms with E-state index >= 15 is 0 Å². The first kappa shape index (κ1) is 18.5. The molecule has 2 heterocycles. The van der Waals surface area contributed by atoms with Crippen LogP contribution in [0.2, 0.25) is 0 Å². The fraction of sp³-hybridized carbons (Fsp3) is 0.263. The van der Waals surface area contributed by atoms with E-state index in [4.69, 9.17) is 9.47 Å². The topological polar surface area (TPSA) is 55.8 Å². The molecule has 0 saturated heterocycles. The summed E-state index contributed by atoms with van der Waals surface area (Å²) in [5.74, 6) is 0.397. The number of imide groups is 1. The Morgan fingerprint density at radius 2 is 1.69 bits per heavy atom. The van der Waals surface area contributed by atoms with Crippen molar-refractivity contribution in [1.82, 2.24) is 0 Å². The lowest BCUT2D eigenvalue weighted by Crippen LogP contribution is -2.31. The van der Waals surface area contributed by atoms with Crippen molar-refractivity contribution in [1.29, 1.82) is 0 Å². The first-order valence-electron chi connectivity index (χ1n) is 8.03. The van der Waals surface area contributed by atoms with Crippen LogP contribution in [0.4, 0.5) is 5.69 Å². The van der Waals surface area contributed by atoms with Crippen molar-refractivity contribution in [2.75, 3.05) is 19.1 Å². The molecule has 2 amide bonds. The number of thioether (sulfide) groups is 1. The van der Waals surface area contributed by atoms with Gasteiger partial charge in [0.25, 0.3) is 11.8 Å². The fourth-order valence-electron chi connectivity index (χ4n) is 2.65. The maximum atomic E-state index is 13.2. The van der Waals surface area contributed by atoms with E-state index in [-0.39, 0.29) is 17.1 Å². The summed E-state index contributed by atoms with van der Waals surface area (Å²) in [6.45, 7) is 4.00. The van der Waals surface area contributed by atoms with Gasteiger partial charge in [-0.25, -0.2) is 4.90 Å². The van der Waals surface area contributed by atoms with Crippen LogP contribution in [0, 0.1) is 0 Å². The smallest absolute Gasteiger partial charge is 0.272 e. The van der Waals surface area contributed by atoms with Crippen LogP contribution < -0.4 is 14.4 Å². The summed E-state index contributed by atoms with van der Waals surface area (Å²) in [5.41, 5.74) is 0.898. The monoisotopic (exact) mass is 389 g/mol. The molecular weight excluding hydrogens is 370 g/mol. The molecule has 2 aromatic rings. The fourth-order valence-corrected chi connectivity index (χ4v) is 4.46. The Labute approximate surface area is 160 Å². The molecule has 0 bridgehead atoms. The molecule has 3 rings (SSSR count). The zero-order chi connectivity index (χ0) is 18.8. The van der Waals surface area contributed by atoms with E-state index in [0.717, 1.165) is 4.88 Å². The van der Waals surface area contributed by atoms with Gasteiger partial charge in [-0.05, 0) is 11.4 Å². The lowest BCUT2D eigenvalue weighted by molar-refractivity contribution is -0.119. The Bertz CT molecular complexity index is 849. The van der Waals surface area contributed by atoms with Gasteiger partial charge < -0.3 is 9.47 Å². The molecule has 0 saturated carbocycles. The number of amides is 2. The zero-order valence-electron chi connectivity index (χ0n) is 14.9. The lowest BCUT2D eigenvalue weighted by atomic mass is 10.2. The number of ether oxygens (including phenoxy) is 2. The van der Waals surface area contributed by atoms with Crippen molar-refractivity contribution in [3.05, 3.63) is 45.5 Å². The minimum Gasteiger partial charge on any atom is -0.497 e. The standard InChI is InChI=1S/C19H19NO4S2/c1-11(2)26-17-16(15-6-5-7-25-15)18(21)20(19(17)22)12-8-13(23-3)10-14(9-12)24-4/h5-11H,1-4H3. The Morgan fingerprint density at radius 1 is 1.04 bits per heavy atom. The SMILES string of the molecule is COc1cc(OC)cc(N2C(=O)C(SC(C)C)=C(c3cccs3)C2=O)c1. The summed E-state index contributed by atoms with van der Waals surface area (Å²) in [6, 6.07) is 8.76. The molecule has 0 radical (unpaired) electrons. The normalized spacial score (nSPS) is 14.6. The molecule has 1 aromatic heterocycles.